The summed E-state index contributed by atoms with van der Waals surface area (Å²) in [5, 5.41) is 23.5. The third-order valence-corrected chi connectivity index (χ3v) is 6.02. The van der Waals surface area contributed by atoms with Crippen molar-refractivity contribution in [2.45, 2.75) is 39.0 Å². The number of pyridine rings is 1. The Bertz CT molecular complexity index is 1320. The van der Waals surface area contributed by atoms with Gasteiger partial charge in [-0.1, -0.05) is 18.5 Å². The number of hydrogen-bond donors (Lipinski definition) is 3. The molecule has 4 aromatic rings. The van der Waals surface area contributed by atoms with Gasteiger partial charge in [0.05, 0.1) is 30.0 Å². The fourth-order valence-corrected chi connectivity index (χ4v) is 4.32. The summed E-state index contributed by atoms with van der Waals surface area (Å²) in [6, 6.07) is 3.98. The molecule has 2 unspecified atom stereocenters. The van der Waals surface area contributed by atoms with Crippen LogP contribution in [0.4, 0.5) is 13.2 Å². The number of aliphatic hydroxyl groups excluding tert-OH is 2. The zero-order valence-electron chi connectivity index (χ0n) is 18.3. The second-order valence-corrected chi connectivity index (χ2v) is 8.30. The number of ether oxygens (including phenoxy) is 1. The van der Waals surface area contributed by atoms with E-state index in [0.29, 0.717) is 22.3 Å². The van der Waals surface area contributed by atoms with E-state index >= 15 is 0 Å². The zero-order valence-corrected chi connectivity index (χ0v) is 19.0. The van der Waals surface area contributed by atoms with Crippen LogP contribution in [0.3, 0.4) is 0 Å². The van der Waals surface area contributed by atoms with Gasteiger partial charge in [-0.15, -0.1) is 0 Å². The van der Waals surface area contributed by atoms with Crippen molar-refractivity contribution in [3.8, 4) is 16.9 Å². The van der Waals surface area contributed by atoms with Gasteiger partial charge in [0.15, 0.2) is 0 Å². The summed E-state index contributed by atoms with van der Waals surface area (Å²) in [4.78, 5) is 7.50. The van der Waals surface area contributed by atoms with E-state index < -0.39 is 24.5 Å². The highest BCUT2D eigenvalue weighted by Gasteiger charge is 2.25. The van der Waals surface area contributed by atoms with Gasteiger partial charge in [0.1, 0.15) is 17.2 Å². The Morgan fingerprint density at radius 2 is 2.06 bits per heavy atom. The zero-order chi connectivity index (χ0) is 24.6. The molecule has 0 aliphatic rings. The van der Waals surface area contributed by atoms with E-state index in [0.717, 1.165) is 23.3 Å². The summed E-state index contributed by atoms with van der Waals surface area (Å²) in [7, 11) is 0. The number of aliphatic hydroxyl groups is 2. The molecule has 0 saturated heterocycles. The second kappa shape index (κ2) is 9.65. The minimum Gasteiger partial charge on any atom is -0.434 e. The maximum Gasteiger partial charge on any atom is 0.387 e. The lowest BCUT2D eigenvalue weighted by molar-refractivity contribution is -0.0505. The van der Waals surface area contributed by atoms with Crippen molar-refractivity contribution >= 4 is 22.6 Å². The van der Waals surface area contributed by atoms with Crippen LogP contribution in [0.5, 0.6) is 5.75 Å². The minimum absolute atomic E-state index is 0.107. The van der Waals surface area contributed by atoms with E-state index in [1.807, 2.05) is 13.0 Å². The van der Waals surface area contributed by atoms with E-state index in [2.05, 4.69) is 19.8 Å². The lowest BCUT2D eigenvalue weighted by Crippen LogP contribution is -2.20. The maximum atomic E-state index is 14.2. The first-order chi connectivity index (χ1) is 16.2. The second-order valence-electron chi connectivity index (χ2n) is 7.92. The van der Waals surface area contributed by atoms with Crippen LogP contribution in [0, 0.1) is 12.7 Å². The number of H-pyrrole nitrogens is 1. The van der Waals surface area contributed by atoms with Gasteiger partial charge in [0, 0.05) is 46.6 Å². The van der Waals surface area contributed by atoms with Crippen molar-refractivity contribution in [1.29, 1.82) is 0 Å². The molecule has 4 rings (SSSR count). The topological polar surface area (TPSA) is 96.2 Å². The predicted octanol–water partition coefficient (Wildman–Crippen LogP) is 4.63. The van der Waals surface area contributed by atoms with Crippen LogP contribution in [-0.2, 0) is 6.54 Å². The van der Waals surface area contributed by atoms with Crippen LogP contribution in [0.2, 0.25) is 5.02 Å². The lowest BCUT2D eigenvalue weighted by atomic mass is 9.91. The Morgan fingerprint density at radius 1 is 1.29 bits per heavy atom. The van der Waals surface area contributed by atoms with Gasteiger partial charge in [-0.3, -0.25) is 4.68 Å². The van der Waals surface area contributed by atoms with Gasteiger partial charge in [0.25, 0.3) is 0 Å². The third-order valence-electron chi connectivity index (χ3n) is 5.64. The molecule has 0 spiro atoms. The number of nitrogens with one attached hydrogen (secondary N) is 1. The number of nitrogens with zero attached hydrogens (tertiary/aromatic N) is 3. The first-order valence-corrected chi connectivity index (χ1v) is 10.8. The Labute approximate surface area is 197 Å². The van der Waals surface area contributed by atoms with Gasteiger partial charge < -0.3 is 19.9 Å². The van der Waals surface area contributed by atoms with Gasteiger partial charge >= 0.3 is 6.61 Å². The molecular weight excluding hydrogens is 473 g/mol. The highest BCUT2D eigenvalue weighted by molar-refractivity contribution is 6.31. The number of alkyl halides is 2. The molecule has 0 fully saturated rings. The molecule has 3 aromatic heterocycles. The molecule has 3 N–H and O–H groups in total. The average molecular weight is 495 g/mol. The molecule has 2 atom stereocenters. The maximum absolute atomic E-state index is 14.2. The molecule has 7 nitrogen and oxygen atoms in total. The van der Waals surface area contributed by atoms with E-state index in [-0.39, 0.29) is 29.5 Å². The number of aromatic amines is 1. The predicted molar refractivity (Wildman–Crippen MR) is 121 cm³/mol. The van der Waals surface area contributed by atoms with Crippen molar-refractivity contribution in [2.24, 2.45) is 0 Å². The fourth-order valence-electron chi connectivity index (χ4n) is 4.00. The molecule has 180 valence electrons. The largest absolute Gasteiger partial charge is 0.434 e. The molecule has 0 bridgehead atoms. The van der Waals surface area contributed by atoms with Crippen LogP contribution in [0.1, 0.15) is 29.7 Å². The fraction of sp³-hybridized carbons (Fsp3) is 0.304. The summed E-state index contributed by atoms with van der Waals surface area (Å²) >= 11 is 6.17. The van der Waals surface area contributed by atoms with Crippen molar-refractivity contribution in [2.75, 3.05) is 6.61 Å². The molecule has 0 saturated carbocycles. The first-order valence-electron chi connectivity index (χ1n) is 10.4. The molecule has 0 aliphatic carbocycles. The standard InChI is InChI=1S/C23H22ClF3N4O3/c1-11(20-19(34-23(26)27)4-3-18(25)21(20)24)16-7-29-22-15(16)5-13(6-28-22)17-9-31(30-12(17)2)8-14(33)10-32/h3-7,9,11,14,23,32-33H,8,10H2,1-2H3,(H,28,29). The summed E-state index contributed by atoms with van der Waals surface area (Å²) in [5.41, 5.74) is 3.52. The Morgan fingerprint density at radius 3 is 2.76 bits per heavy atom. The van der Waals surface area contributed by atoms with Crippen molar-refractivity contribution in [1.82, 2.24) is 19.7 Å². The van der Waals surface area contributed by atoms with Crippen molar-refractivity contribution < 1.29 is 28.1 Å². The van der Waals surface area contributed by atoms with Crippen LogP contribution in [-0.4, -0.2) is 49.3 Å². The number of aryl methyl sites for hydroxylation is 1. The molecule has 3 heterocycles. The molecule has 1 aromatic carbocycles. The minimum atomic E-state index is -3.09. The van der Waals surface area contributed by atoms with E-state index in [9.17, 15) is 18.3 Å². The van der Waals surface area contributed by atoms with Crippen molar-refractivity contribution in [3.63, 3.8) is 0 Å². The smallest absolute Gasteiger partial charge is 0.387 e. The van der Waals surface area contributed by atoms with E-state index in [4.69, 9.17) is 16.7 Å². The van der Waals surface area contributed by atoms with Gasteiger partial charge in [0.2, 0.25) is 0 Å². The van der Waals surface area contributed by atoms with Gasteiger partial charge in [-0.2, -0.15) is 13.9 Å². The number of benzene rings is 1. The summed E-state index contributed by atoms with van der Waals surface area (Å²) in [6.07, 6.45) is 4.13. The lowest BCUT2D eigenvalue weighted by Gasteiger charge is -2.18. The monoisotopic (exact) mass is 494 g/mol. The van der Waals surface area contributed by atoms with Crippen LogP contribution in [0.25, 0.3) is 22.2 Å². The molecule has 0 radical (unpaired) electrons. The number of aromatic nitrogens is 4. The summed E-state index contributed by atoms with van der Waals surface area (Å²) in [6.45, 7) is 0.181. The first kappa shape index (κ1) is 24.1. The molecule has 34 heavy (non-hydrogen) atoms. The van der Waals surface area contributed by atoms with Gasteiger partial charge in [-0.25, -0.2) is 9.37 Å². The summed E-state index contributed by atoms with van der Waals surface area (Å²) in [5.74, 6) is -1.55. The van der Waals surface area contributed by atoms with Crippen LogP contribution >= 0.6 is 11.6 Å². The third kappa shape index (κ3) is 4.61. The number of halogens is 4. The van der Waals surface area contributed by atoms with E-state index in [1.54, 1.807) is 25.5 Å². The van der Waals surface area contributed by atoms with E-state index in [1.165, 1.54) is 4.68 Å². The molecule has 11 heteroatoms. The van der Waals surface area contributed by atoms with Gasteiger partial charge in [-0.05, 0) is 30.7 Å². The van der Waals surface area contributed by atoms with Crippen molar-refractivity contribution in [3.05, 3.63) is 64.5 Å². The Kier molecular flexibility index (Phi) is 6.83. The highest BCUT2D eigenvalue weighted by atomic mass is 35.5. The Balaban J connectivity index is 1.77. The van der Waals surface area contributed by atoms with Crippen LogP contribution in [0.15, 0.2) is 36.8 Å². The Hall–Kier alpha value is -3.08. The molecule has 0 amide bonds. The quantitative estimate of drug-likeness (QED) is 0.332. The molecule has 0 aliphatic heterocycles. The van der Waals surface area contributed by atoms with Crippen LogP contribution < -0.4 is 4.74 Å². The number of rotatable bonds is 8. The normalized spacial score (nSPS) is 13.6. The summed E-state index contributed by atoms with van der Waals surface area (Å²) < 4.78 is 46.3. The highest BCUT2D eigenvalue weighted by Crippen LogP contribution is 2.41. The number of hydrogen-bond acceptors (Lipinski definition) is 5. The average Bonchev–Trinajstić information content (AvgIpc) is 3.38. The molecular formula is C23H22ClF3N4O3. The number of fused-ring (bicyclic) bond motifs is 1. The SMILES string of the molecule is Cc1nn(CC(O)CO)cc1-c1cnc2[nH]cc(C(C)c3c(OC(F)F)ccc(F)c3Cl)c2c1.